The zero-order chi connectivity index (χ0) is 14.2. The molecule has 4 nitrogen and oxygen atoms in total. The topological polar surface area (TPSA) is 46.9 Å². The lowest BCUT2D eigenvalue weighted by atomic mass is 10.1. The highest BCUT2D eigenvalue weighted by molar-refractivity contribution is 5.97. The molecule has 1 saturated carbocycles. The van der Waals surface area contributed by atoms with Gasteiger partial charge in [-0.05, 0) is 43.9 Å². The Morgan fingerprint density at radius 3 is 2.90 bits per heavy atom. The number of aromatic nitrogens is 2. The van der Waals surface area contributed by atoms with E-state index in [9.17, 15) is 4.79 Å². The molecule has 1 aliphatic heterocycles. The van der Waals surface area contributed by atoms with E-state index in [2.05, 4.69) is 16.0 Å². The summed E-state index contributed by atoms with van der Waals surface area (Å²) in [7, 11) is 0. The van der Waals surface area contributed by atoms with Crippen molar-refractivity contribution >= 4 is 16.9 Å². The molecular formula is C17H21N3O. The van der Waals surface area contributed by atoms with Crippen LogP contribution in [0.3, 0.4) is 0 Å². The summed E-state index contributed by atoms with van der Waals surface area (Å²) in [6, 6.07) is 6.31. The van der Waals surface area contributed by atoms with E-state index in [-0.39, 0.29) is 5.91 Å². The summed E-state index contributed by atoms with van der Waals surface area (Å²) < 4.78 is 2.30. The standard InChI is InChI=1S/C17H21N3O/c21-17(18-13-5-1-2-6-13)12-8-9-15-14(11-12)19-16-7-3-4-10-20(15)16/h8-9,11,13H,1-7,10H2,(H,18,21). The van der Waals surface area contributed by atoms with Crippen LogP contribution in [0.4, 0.5) is 0 Å². The molecule has 0 atom stereocenters. The molecule has 1 aliphatic carbocycles. The summed E-state index contributed by atoms with van der Waals surface area (Å²) in [4.78, 5) is 17.1. The summed E-state index contributed by atoms with van der Waals surface area (Å²) in [5.41, 5.74) is 2.87. The molecule has 2 aromatic rings. The minimum absolute atomic E-state index is 0.0507. The van der Waals surface area contributed by atoms with Gasteiger partial charge in [-0.2, -0.15) is 0 Å². The third-order valence-corrected chi connectivity index (χ3v) is 4.81. The first-order valence-corrected chi connectivity index (χ1v) is 8.11. The van der Waals surface area contributed by atoms with Crippen molar-refractivity contribution in [3.05, 3.63) is 29.6 Å². The maximum atomic E-state index is 12.3. The third kappa shape index (κ3) is 2.33. The van der Waals surface area contributed by atoms with E-state index in [1.165, 1.54) is 37.0 Å². The van der Waals surface area contributed by atoms with Crippen molar-refractivity contribution in [3.63, 3.8) is 0 Å². The second kappa shape index (κ2) is 5.17. The van der Waals surface area contributed by atoms with E-state index in [4.69, 9.17) is 4.98 Å². The first-order chi connectivity index (χ1) is 10.3. The van der Waals surface area contributed by atoms with Gasteiger partial charge in [-0.25, -0.2) is 4.98 Å². The molecule has 1 N–H and O–H groups in total. The normalized spacial score (nSPS) is 18.9. The molecule has 0 radical (unpaired) electrons. The predicted molar refractivity (Wildman–Crippen MR) is 82.4 cm³/mol. The fourth-order valence-corrected chi connectivity index (χ4v) is 3.65. The maximum absolute atomic E-state index is 12.3. The molecule has 1 fully saturated rings. The fraction of sp³-hybridized carbons (Fsp3) is 0.529. The van der Waals surface area contributed by atoms with E-state index < -0.39 is 0 Å². The Bertz CT molecular complexity index is 683. The van der Waals surface area contributed by atoms with E-state index in [0.29, 0.717) is 6.04 Å². The molecular weight excluding hydrogens is 262 g/mol. The molecule has 4 rings (SSSR count). The van der Waals surface area contributed by atoms with Crippen LogP contribution in [-0.2, 0) is 13.0 Å². The number of fused-ring (bicyclic) bond motifs is 3. The minimum atomic E-state index is 0.0507. The van der Waals surface area contributed by atoms with Crippen molar-refractivity contribution in [1.29, 1.82) is 0 Å². The number of rotatable bonds is 2. The van der Waals surface area contributed by atoms with Crippen LogP contribution in [0.2, 0.25) is 0 Å². The van der Waals surface area contributed by atoms with Crippen molar-refractivity contribution in [3.8, 4) is 0 Å². The lowest BCUT2D eigenvalue weighted by Crippen LogP contribution is -2.32. The van der Waals surface area contributed by atoms with E-state index in [0.717, 1.165) is 36.9 Å². The lowest BCUT2D eigenvalue weighted by Gasteiger charge is -2.14. The molecule has 2 heterocycles. The molecule has 2 aliphatic rings. The molecule has 4 heteroatoms. The Balaban J connectivity index is 1.62. The molecule has 21 heavy (non-hydrogen) atoms. The smallest absolute Gasteiger partial charge is 0.251 e. The van der Waals surface area contributed by atoms with Crippen LogP contribution in [0, 0.1) is 0 Å². The van der Waals surface area contributed by atoms with Crippen LogP contribution < -0.4 is 5.32 Å². The number of hydrogen-bond acceptors (Lipinski definition) is 2. The highest BCUT2D eigenvalue weighted by Crippen LogP contribution is 2.23. The molecule has 1 aromatic carbocycles. The second-order valence-electron chi connectivity index (χ2n) is 6.30. The Hall–Kier alpha value is -1.84. The van der Waals surface area contributed by atoms with Gasteiger partial charge in [0.25, 0.3) is 5.91 Å². The van der Waals surface area contributed by atoms with Crippen molar-refractivity contribution < 1.29 is 4.79 Å². The molecule has 1 aromatic heterocycles. The van der Waals surface area contributed by atoms with Gasteiger partial charge in [-0.3, -0.25) is 4.79 Å². The number of carbonyl (C=O) groups excluding carboxylic acids is 1. The maximum Gasteiger partial charge on any atom is 0.251 e. The molecule has 110 valence electrons. The van der Waals surface area contributed by atoms with E-state index in [1.54, 1.807) is 0 Å². The number of imidazole rings is 1. The number of nitrogens with zero attached hydrogens (tertiary/aromatic N) is 2. The van der Waals surface area contributed by atoms with Crippen LogP contribution >= 0.6 is 0 Å². The van der Waals surface area contributed by atoms with Crippen LogP contribution in [0.5, 0.6) is 0 Å². The van der Waals surface area contributed by atoms with Gasteiger partial charge < -0.3 is 9.88 Å². The Labute approximate surface area is 124 Å². The molecule has 0 saturated heterocycles. The van der Waals surface area contributed by atoms with Crippen molar-refractivity contribution in [1.82, 2.24) is 14.9 Å². The highest BCUT2D eigenvalue weighted by atomic mass is 16.1. The number of carbonyl (C=O) groups is 1. The van der Waals surface area contributed by atoms with Crippen LogP contribution in [0.1, 0.15) is 54.7 Å². The van der Waals surface area contributed by atoms with E-state index >= 15 is 0 Å². The SMILES string of the molecule is O=C(NC1CCCC1)c1ccc2c(c1)nc1n2CCCC1. The zero-order valence-electron chi connectivity index (χ0n) is 12.3. The molecule has 1 amide bonds. The third-order valence-electron chi connectivity index (χ3n) is 4.81. The highest BCUT2D eigenvalue weighted by Gasteiger charge is 2.19. The van der Waals surface area contributed by atoms with Gasteiger partial charge in [0.1, 0.15) is 5.82 Å². The largest absolute Gasteiger partial charge is 0.349 e. The van der Waals surface area contributed by atoms with E-state index in [1.807, 2.05) is 12.1 Å². The molecule has 0 unspecified atom stereocenters. The van der Waals surface area contributed by atoms with Crippen molar-refractivity contribution in [2.75, 3.05) is 0 Å². The minimum Gasteiger partial charge on any atom is -0.349 e. The van der Waals surface area contributed by atoms with Crippen LogP contribution in [0.15, 0.2) is 18.2 Å². The van der Waals surface area contributed by atoms with Gasteiger partial charge in [0.15, 0.2) is 0 Å². The van der Waals surface area contributed by atoms with Crippen LogP contribution in [-0.4, -0.2) is 21.5 Å². The van der Waals surface area contributed by atoms with Crippen LogP contribution in [0.25, 0.3) is 11.0 Å². The summed E-state index contributed by atoms with van der Waals surface area (Å²) in [5, 5.41) is 3.15. The molecule has 0 bridgehead atoms. The average Bonchev–Trinajstić information content (AvgIpc) is 3.13. The summed E-state index contributed by atoms with van der Waals surface area (Å²) in [6.45, 7) is 1.06. The van der Waals surface area contributed by atoms with Gasteiger partial charge >= 0.3 is 0 Å². The lowest BCUT2D eigenvalue weighted by molar-refractivity contribution is 0.0938. The average molecular weight is 283 g/mol. The van der Waals surface area contributed by atoms with Gasteiger partial charge in [0.05, 0.1) is 11.0 Å². The summed E-state index contributed by atoms with van der Waals surface area (Å²) in [5.74, 6) is 1.22. The Kier molecular flexibility index (Phi) is 3.17. The van der Waals surface area contributed by atoms with Gasteiger partial charge in [-0.1, -0.05) is 12.8 Å². The molecule has 0 spiro atoms. The number of aryl methyl sites for hydroxylation is 2. The number of benzene rings is 1. The zero-order valence-corrected chi connectivity index (χ0v) is 12.3. The van der Waals surface area contributed by atoms with Crippen molar-refractivity contribution in [2.45, 2.75) is 57.5 Å². The predicted octanol–water partition coefficient (Wildman–Crippen LogP) is 3.05. The first-order valence-electron chi connectivity index (χ1n) is 8.11. The fourth-order valence-electron chi connectivity index (χ4n) is 3.65. The monoisotopic (exact) mass is 283 g/mol. The summed E-state index contributed by atoms with van der Waals surface area (Å²) in [6.07, 6.45) is 8.20. The van der Waals surface area contributed by atoms with Gasteiger partial charge in [0, 0.05) is 24.6 Å². The number of amides is 1. The second-order valence-corrected chi connectivity index (χ2v) is 6.30. The number of hydrogen-bond donors (Lipinski definition) is 1. The van der Waals surface area contributed by atoms with Gasteiger partial charge in [-0.15, -0.1) is 0 Å². The summed E-state index contributed by atoms with van der Waals surface area (Å²) >= 11 is 0. The quantitative estimate of drug-likeness (QED) is 0.921. The Morgan fingerprint density at radius 2 is 2.05 bits per heavy atom. The van der Waals surface area contributed by atoms with Gasteiger partial charge in [0.2, 0.25) is 0 Å². The first kappa shape index (κ1) is 12.9. The Morgan fingerprint density at radius 1 is 1.19 bits per heavy atom. The van der Waals surface area contributed by atoms with Crippen molar-refractivity contribution in [2.24, 2.45) is 0 Å². The number of nitrogens with one attached hydrogen (secondary N) is 1.